The Labute approximate surface area is 165 Å². The third-order valence-electron chi connectivity index (χ3n) is 4.94. The third-order valence-corrected chi connectivity index (χ3v) is 4.94. The molecule has 1 aromatic carbocycles. The molecule has 0 saturated heterocycles. The SMILES string of the molecule is CCCCCCCCCCCCNC(=O)C(=O)Nc1c(C)cc(C)cc1C. The molecule has 0 aliphatic carbocycles. The molecule has 27 heavy (non-hydrogen) atoms. The molecule has 0 aliphatic rings. The van der Waals surface area contributed by atoms with E-state index < -0.39 is 11.8 Å². The van der Waals surface area contributed by atoms with Gasteiger partial charge in [0.25, 0.3) is 0 Å². The average Bonchev–Trinajstić information content (AvgIpc) is 2.62. The van der Waals surface area contributed by atoms with Crippen molar-refractivity contribution in [3.05, 3.63) is 28.8 Å². The van der Waals surface area contributed by atoms with Gasteiger partial charge in [-0.1, -0.05) is 82.4 Å². The van der Waals surface area contributed by atoms with Crippen molar-refractivity contribution in [2.75, 3.05) is 11.9 Å². The lowest BCUT2D eigenvalue weighted by molar-refractivity contribution is -0.136. The van der Waals surface area contributed by atoms with E-state index in [4.69, 9.17) is 0 Å². The van der Waals surface area contributed by atoms with Crippen molar-refractivity contribution in [1.82, 2.24) is 5.32 Å². The predicted octanol–water partition coefficient (Wildman–Crippen LogP) is 5.59. The summed E-state index contributed by atoms with van der Waals surface area (Å²) in [6.07, 6.45) is 12.5. The topological polar surface area (TPSA) is 58.2 Å². The van der Waals surface area contributed by atoms with Gasteiger partial charge in [-0.2, -0.15) is 0 Å². The fraction of sp³-hybridized carbons (Fsp3) is 0.652. The van der Waals surface area contributed by atoms with E-state index in [-0.39, 0.29) is 0 Å². The second kappa shape index (κ2) is 13.3. The molecule has 0 aliphatic heterocycles. The average molecular weight is 375 g/mol. The van der Waals surface area contributed by atoms with Gasteiger partial charge in [0.15, 0.2) is 0 Å². The summed E-state index contributed by atoms with van der Waals surface area (Å²) in [6.45, 7) is 8.71. The molecule has 4 heteroatoms. The van der Waals surface area contributed by atoms with Crippen LogP contribution in [-0.4, -0.2) is 18.4 Å². The summed E-state index contributed by atoms with van der Waals surface area (Å²) in [4.78, 5) is 24.1. The third kappa shape index (κ3) is 9.60. The second-order valence-corrected chi connectivity index (χ2v) is 7.67. The van der Waals surface area contributed by atoms with Gasteiger partial charge in [0.05, 0.1) is 0 Å². The molecular formula is C23H38N2O2. The minimum atomic E-state index is -0.586. The molecule has 1 aromatic rings. The van der Waals surface area contributed by atoms with Crippen molar-refractivity contribution in [1.29, 1.82) is 0 Å². The molecule has 0 bridgehead atoms. The van der Waals surface area contributed by atoms with Gasteiger partial charge in [-0.05, 0) is 38.3 Å². The van der Waals surface area contributed by atoms with Crippen LogP contribution in [0.2, 0.25) is 0 Å². The van der Waals surface area contributed by atoms with E-state index >= 15 is 0 Å². The van der Waals surface area contributed by atoms with Crippen molar-refractivity contribution in [3.63, 3.8) is 0 Å². The van der Waals surface area contributed by atoms with Crippen molar-refractivity contribution >= 4 is 17.5 Å². The van der Waals surface area contributed by atoms with E-state index in [1.807, 2.05) is 32.9 Å². The summed E-state index contributed by atoms with van der Waals surface area (Å²) >= 11 is 0. The number of nitrogens with one attached hydrogen (secondary N) is 2. The van der Waals surface area contributed by atoms with Crippen molar-refractivity contribution in [2.45, 2.75) is 91.9 Å². The first-order chi connectivity index (χ1) is 13.0. The van der Waals surface area contributed by atoms with Gasteiger partial charge in [0.2, 0.25) is 0 Å². The predicted molar refractivity (Wildman–Crippen MR) is 114 cm³/mol. The number of hydrogen-bond donors (Lipinski definition) is 2. The van der Waals surface area contributed by atoms with Crippen LogP contribution in [0.3, 0.4) is 0 Å². The van der Waals surface area contributed by atoms with Crippen LogP contribution in [0.15, 0.2) is 12.1 Å². The molecule has 0 heterocycles. The van der Waals surface area contributed by atoms with E-state index in [2.05, 4.69) is 17.6 Å². The molecule has 0 atom stereocenters. The standard InChI is InChI=1S/C23H38N2O2/c1-5-6-7-8-9-10-11-12-13-14-15-24-22(26)23(27)25-21-19(3)16-18(2)17-20(21)4/h16-17H,5-15H2,1-4H3,(H,24,26)(H,25,27). The highest BCUT2D eigenvalue weighted by atomic mass is 16.2. The zero-order valence-electron chi connectivity index (χ0n) is 17.7. The maximum atomic E-state index is 12.1. The molecule has 0 radical (unpaired) electrons. The maximum absolute atomic E-state index is 12.1. The van der Waals surface area contributed by atoms with E-state index in [1.165, 1.54) is 51.4 Å². The molecule has 0 saturated carbocycles. The van der Waals surface area contributed by atoms with Gasteiger partial charge >= 0.3 is 11.8 Å². The molecular weight excluding hydrogens is 336 g/mol. The first-order valence-corrected chi connectivity index (χ1v) is 10.6. The Morgan fingerprint density at radius 2 is 1.22 bits per heavy atom. The Morgan fingerprint density at radius 1 is 0.741 bits per heavy atom. The van der Waals surface area contributed by atoms with Crippen LogP contribution < -0.4 is 10.6 Å². The molecule has 0 aromatic heterocycles. The lowest BCUT2D eigenvalue weighted by Gasteiger charge is -2.12. The van der Waals surface area contributed by atoms with Crippen LogP contribution in [0, 0.1) is 20.8 Å². The van der Waals surface area contributed by atoms with Crippen LogP contribution in [0.4, 0.5) is 5.69 Å². The van der Waals surface area contributed by atoms with E-state index in [1.54, 1.807) is 0 Å². The number of benzene rings is 1. The lowest BCUT2D eigenvalue weighted by Crippen LogP contribution is -2.36. The van der Waals surface area contributed by atoms with Gasteiger partial charge in [0, 0.05) is 12.2 Å². The quantitative estimate of drug-likeness (QED) is 0.370. The van der Waals surface area contributed by atoms with Crippen LogP contribution >= 0.6 is 0 Å². The Morgan fingerprint density at radius 3 is 1.74 bits per heavy atom. The fourth-order valence-electron chi connectivity index (χ4n) is 3.44. The zero-order chi connectivity index (χ0) is 20.1. The number of anilines is 1. The van der Waals surface area contributed by atoms with Crippen LogP contribution in [0.25, 0.3) is 0 Å². The highest BCUT2D eigenvalue weighted by Crippen LogP contribution is 2.21. The largest absolute Gasteiger partial charge is 0.348 e. The Kier molecular flexibility index (Phi) is 11.5. The van der Waals surface area contributed by atoms with Crippen LogP contribution in [-0.2, 0) is 9.59 Å². The van der Waals surface area contributed by atoms with E-state index in [0.717, 1.165) is 35.2 Å². The van der Waals surface area contributed by atoms with Gasteiger partial charge in [-0.25, -0.2) is 0 Å². The number of rotatable bonds is 12. The molecule has 2 amide bonds. The molecule has 2 N–H and O–H groups in total. The first kappa shape index (κ1) is 23.2. The highest BCUT2D eigenvalue weighted by molar-refractivity contribution is 6.39. The van der Waals surface area contributed by atoms with Crippen LogP contribution in [0.5, 0.6) is 0 Å². The molecule has 1 rings (SSSR count). The minimum Gasteiger partial charge on any atom is -0.348 e. The summed E-state index contributed by atoms with van der Waals surface area (Å²) in [6, 6.07) is 4.01. The Bertz CT molecular complexity index is 573. The van der Waals surface area contributed by atoms with E-state index in [0.29, 0.717) is 6.54 Å². The van der Waals surface area contributed by atoms with Gasteiger partial charge in [-0.15, -0.1) is 0 Å². The minimum absolute atomic E-state index is 0.551. The second-order valence-electron chi connectivity index (χ2n) is 7.67. The monoisotopic (exact) mass is 374 g/mol. The number of amides is 2. The number of aryl methyl sites for hydroxylation is 3. The summed E-state index contributed by atoms with van der Waals surface area (Å²) in [7, 11) is 0. The molecule has 0 fully saturated rings. The molecule has 0 spiro atoms. The fourth-order valence-corrected chi connectivity index (χ4v) is 3.44. The van der Waals surface area contributed by atoms with Crippen molar-refractivity contribution in [2.24, 2.45) is 0 Å². The van der Waals surface area contributed by atoms with Gasteiger partial charge in [-0.3, -0.25) is 9.59 Å². The lowest BCUT2D eigenvalue weighted by atomic mass is 10.1. The zero-order valence-corrected chi connectivity index (χ0v) is 17.7. The number of carbonyl (C=O) groups is 2. The van der Waals surface area contributed by atoms with Gasteiger partial charge in [0.1, 0.15) is 0 Å². The Hall–Kier alpha value is -1.84. The maximum Gasteiger partial charge on any atom is 0.313 e. The van der Waals surface area contributed by atoms with Crippen LogP contribution in [0.1, 0.15) is 87.8 Å². The molecule has 4 nitrogen and oxygen atoms in total. The number of hydrogen-bond acceptors (Lipinski definition) is 2. The smallest absolute Gasteiger partial charge is 0.313 e. The highest BCUT2D eigenvalue weighted by Gasteiger charge is 2.15. The normalized spacial score (nSPS) is 10.7. The van der Waals surface area contributed by atoms with Crippen molar-refractivity contribution in [3.8, 4) is 0 Å². The number of unbranched alkanes of at least 4 members (excludes halogenated alkanes) is 9. The van der Waals surface area contributed by atoms with E-state index in [9.17, 15) is 9.59 Å². The summed E-state index contributed by atoms with van der Waals surface area (Å²) in [5.41, 5.74) is 3.83. The number of carbonyl (C=O) groups excluding carboxylic acids is 2. The summed E-state index contributed by atoms with van der Waals surface area (Å²) in [5, 5.41) is 5.47. The summed E-state index contributed by atoms with van der Waals surface area (Å²) in [5.74, 6) is -1.14. The summed E-state index contributed by atoms with van der Waals surface area (Å²) < 4.78 is 0. The Balaban J connectivity index is 2.14. The van der Waals surface area contributed by atoms with Gasteiger partial charge < -0.3 is 10.6 Å². The first-order valence-electron chi connectivity index (χ1n) is 10.6. The molecule has 0 unspecified atom stereocenters. The molecule has 152 valence electrons. The van der Waals surface area contributed by atoms with Crippen molar-refractivity contribution < 1.29 is 9.59 Å².